The first-order chi connectivity index (χ1) is 16.4. The smallest absolute Gasteiger partial charge is 0.322 e. The van der Waals surface area contributed by atoms with E-state index in [-0.39, 0.29) is 24.7 Å². The summed E-state index contributed by atoms with van der Waals surface area (Å²) in [4.78, 5) is 39.7. The second-order valence-corrected chi connectivity index (χ2v) is 9.29. The number of aromatic hydroxyl groups is 1. The molecule has 2 aliphatic heterocycles. The van der Waals surface area contributed by atoms with Gasteiger partial charge in [0, 0.05) is 30.4 Å². The summed E-state index contributed by atoms with van der Waals surface area (Å²) in [5, 5.41) is 19.3. The van der Waals surface area contributed by atoms with E-state index in [0.717, 1.165) is 29.2 Å². The van der Waals surface area contributed by atoms with Gasteiger partial charge in [0.1, 0.15) is 5.75 Å². The number of carbonyl (C=O) groups excluding carboxylic acids is 3. The van der Waals surface area contributed by atoms with Gasteiger partial charge in [-0.2, -0.15) is 5.10 Å². The number of fused-ring (bicyclic) bond motifs is 1. The van der Waals surface area contributed by atoms with Crippen LogP contribution in [-0.2, 0) is 23.4 Å². The van der Waals surface area contributed by atoms with Crippen LogP contribution in [0.5, 0.6) is 5.75 Å². The van der Waals surface area contributed by atoms with Gasteiger partial charge in [-0.3, -0.25) is 19.6 Å². The zero-order valence-corrected chi connectivity index (χ0v) is 18.3. The first-order valence-corrected chi connectivity index (χ1v) is 11.3. The van der Waals surface area contributed by atoms with Gasteiger partial charge in [0.15, 0.2) is 5.54 Å². The number of nitrogens with zero attached hydrogens (tertiary/aromatic N) is 3. The number of hydrogen-bond donors (Lipinski definition) is 3. The average Bonchev–Trinajstić information content (AvgIpc) is 3.31. The van der Waals surface area contributed by atoms with Crippen LogP contribution in [-0.4, -0.2) is 44.2 Å². The first-order valence-electron chi connectivity index (χ1n) is 11.3. The molecular weight excluding hydrogens is 434 g/mol. The van der Waals surface area contributed by atoms with E-state index in [9.17, 15) is 19.5 Å². The number of phenols is 1. The lowest BCUT2D eigenvalue weighted by atomic mass is 9.88. The molecule has 0 spiro atoms. The standard InChI is InChI=1S/C25H23N5O4/c31-20-8-5-17-12-29(22(32)21(17)9-20)14-25(23(33)27-24(34)28-25)19-6-3-16(4-7-19)18-10-26-30(13-18)11-15-1-2-15/h3-10,13,15,31H,1-2,11-12,14H2,(H2,27,28,33,34)/t25-/m0/s1. The lowest BCUT2D eigenvalue weighted by Gasteiger charge is -2.31. The second kappa shape index (κ2) is 7.44. The van der Waals surface area contributed by atoms with Crippen LogP contribution in [0.3, 0.4) is 0 Å². The van der Waals surface area contributed by atoms with Crippen LogP contribution in [0.4, 0.5) is 4.79 Å². The number of aromatic nitrogens is 2. The van der Waals surface area contributed by atoms with Crippen molar-refractivity contribution in [3.63, 3.8) is 0 Å². The van der Waals surface area contributed by atoms with Crippen molar-refractivity contribution in [1.82, 2.24) is 25.3 Å². The first kappa shape index (κ1) is 20.5. The Kier molecular flexibility index (Phi) is 4.48. The van der Waals surface area contributed by atoms with Crippen LogP contribution >= 0.6 is 0 Å². The van der Waals surface area contributed by atoms with Gasteiger partial charge < -0.3 is 15.3 Å². The largest absolute Gasteiger partial charge is 0.508 e. The number of rotatable bonds is 6. The minimum Gasteiger partial charge on any atom is -0.508 e. The fourth-order valence-electron chi connectivity index (χ4n) is 4.79. The zero-order valence-electron chi connectivity index (χ0n) is 18.3. The van der Waals surface area contributed by atoms with Gasteiger partial charge in [-0.15, -0.1) is 0 Å². The Hall–Kier alpha value is -4.14. The molecular formula is C25H23N5O4. The maximum atomic E-state index is 13.0. The third-order valence-electron chi connectivity index (χ3n) is 6.83. The van der Waals surface area contributed by atoms with Crippen LogP contribution < -0.4 is 10.6 Å². The van der Waals surface area contributed by atoms with Gasteiger partial charge in [-0.05, 0) is 47.6 Å². The molecule has 3 heterocycles. The minimum absolute atomic E-state index is 0.00613. The topological polar surface area (TPSA) is 117 Å². The molecule has 3 aliphatic rings. The van der Waals surface area contributed by atoms with E-state index in [1.165, 1.54) is 29.9 Å². The molecule has 1 aliphatic carbocycles. The van der Waals surface area contributed by atoms with E-state index < -0.39 is 17.5 Å². The van der Waals surface area contributed by atoms with Crippen LogP contribution in [0.2, 0.25) is 0 Å². The fourth-order valence-corrected chi connectivity index (χ4v) is 4.79. The summed E-state index contributed by atoms with van der Waals surface area (Å²) in [5.74, 6) is -0.0671. The molecule has 3 aromatic rings. The number of carbonyl (C=O) groups is 3. The molecule has 0 bridgehead atoms. The number of nitrogens with one attached hydrogen (secondary N) is 2. The van der Waals surface area contributed by atoms with Crippen molar-refractivity contribution in [3.8, 4) is 16.9 Å². The summed E-state index contributed by atoms with van der Waals surface area (Å²) in [5.41, 5.74) is 2.26. The molecule has 4 amide bonds. The Morgan fingerprint density at radius 1 is 1.06 bits per heavy atom. The summed E-state index contributed by atoms with van der Waals surface area (Å²) >= 11 is 0. The number of imide groups is 1. The Bertz CT molecular complexity index is 1330. The maximum absolute atomic E-state index is 13.0. The highest BCUT2D eigenvalue weighted by molar-refractivity contribution is 6.08. The van der Waals surface area contributed by atoms with Gasteiger partial charge in [-0.25, -0.2) is 4.79 Å². The average molecular weight is 457 g/mol. The van der Waals surface area contributed by atoms with Gasteiger partial charge in [0.2, 0.25) is 0 Å². The highest BCUT2D eigenvalue weighted by Gasteiger charge is 2.50. The molecule has 1 atom stereocenters. The fraction of sp³-hybridized carbons (Fsp3) is 0.280. The van der Waals surface area contributed by atoms with E-state index in [4.69, 9.17) is 0 Å². The molecule has 6 rings (SSSR count). The summed E-state index contributed by atoms with van der Waals surface area (Å²) < 4.78 is 1.96. The molecule has 9 heteroatoms. The van der Waals surface area contributed by atoms with Crippen LogP contribution in [0, 0.1) is 5.92 Å². The van der Waals surface area contributed by atoms with Crippen LogP contribution in [0.15, 0.2) is 54.9 Å². The normalized spacial score (nSPS) is 21.5. The van der Waals surface area contributed by atoms with Crippen molar-refractivity contribution < 1.29 is 19.5 Å². The van der Waals surface area contributed by atoms with E-state index in [2.05, 4.69) is 15.7 Å². The molecule has 1 saturated carbocycles. The zero-order chi connectivity index (χ0) is 23.4. The van der Waals surface area contributed by atoms with Gasteiger partial charge >= 0.3 is 6.03 Å². The van der Waals surface area contributed by atoms with Crippen molar-refractivity contribution in [2.24, 2.45) is 5.92 Å². The Morgan fingerprint density at radius 3 is 2.56 bits per heavy atom. The lowest BCUT2D eigenvalue weighted by molar-refractivity contribution is -0.124. The van der Waals surface area contributed by atoms with Crippen molar-refractivity contribution in [2.75, 3.05) is 6.54 Å². The van der Waals surface area contributed by atoms with Gasteiger partial charge in [0.25, 0.3) is 11.8 Å². The van der Waals surface area contributed by atoms with Crippen molar-refractivity contribution in [2.45, 2.75) is 31.5 Å². The molecule has 172 valence electrons. The molecule has 9 nitrogen and oxygen atoms in total. The van der Waals surface area contributed by atoms with E-state index in [1.807, 2.05) is 29.2 Å². The Balaban J connectivity index is 1.29. The number of benzene rings is 2. The summed E-state index contributed by atoms with van der Waals surface area (Å²) in [6.45, 7) is 1.19. The monoisotopic (exact) mass is 457 g/mol. The minimum atomic E-state index is -1.41. The molecule has 2 fully saturated rings. The number of phenolic OH excluding ortho intramolecular Hbond substituents is 1. The molecule has 0 radical (unpaired) electrons. The van der Waals surface area contributed by atoms with E-state index in [1.54, 1.807) is 18.2 Å². The number of amides is 4. The summed E-state index contributed by atoms with van der Waals surface area (Å²) in [6.07, 6.45) is 6.35. The van der Waals surface area contributed by atoms with Gasteiger partial charge in [-0.1, -0.05) is 30.3 Å². The van der Waals surface area contributed by atoms with Crippen LogP contribution in [0.25, 0.3) is 11.1 Å². The molecule has 3 N–H and O–H groups in total. The molecule has 1 saturated heterocycles. The maximum Gasteiger partial charge on any atom is 0.322 e. The van der Waals surface area contributed by atoms with E-state index >= 15 is 0 Å². The highest BCUT2D eigenvalue weighted by Crippen LogP contribution is 2.34. The highest BCUT2D eigenvalue weighted by atomic mass is 16.3. The molecule has 2 aromatic carbocycles. The third-order valence-corrected chi connectivity index (χ3v) is 6.83. The predicted octanol–water partition coefficient (Wildman–Crippen LogP) is 2.36. The Labute approximate surface area is 195 Å². The van der Waals surface area contributed by atoms with Crippen molar-refractivity contribution in [3.05, 3.63) is 71.5 Å². The van der Waals surface area contributed by atoms with Crippen molar-refractivity contribution in [1.29, 1.82) is 0 Å². The van der Waals surface area contributed by atoms with Crippen LogP contribution in [0.1, 0.15) is 34.3 Å². The van der Waals surface area contributed by atoms with Crippen molar-refractivity contribution >= 4 is 17.8 Å². The second-order valence-electron chi connectivity index (χ2n) is 9.29. The molecule has 1 aromatic heterocycles. The third kappa shape index (κ3) is 3.40. The number of urea groups is 1. The molecule has 34 heavy (non-hydrogen) atoms. The lowest BCUT2D eigenvalue weighted by Crippen LogP contribution is -2.52. The quantitative estimate of drug-likeness (QED) is 0.492. The SMILES string of the molecule is O=C1NC(=O)[C@](CN2Cc3ccc(O)cc3C2=O)(c2ccc(-c3cnn(CC4CC4)c3)cc2)N1. The predicted molar refractivity (Wildman–Crippen MR) is 122 cm³/mol. The Morgan fingerprint density at radius 2 is 1.85 bits per heavy atom. The number of hydrogen-bond acceptors (Lipinski definition) is 5. The molecule has 0 unspecified atom stereocenters. The summed E-state index contributed by atoms with van der Waals surface area (Å²) in [6, 6.07) is 11.4. The van der Waals surface area contributed by atoms with E-state index in [0.29, 0.717) is 11.1 Å². The van der Waals surface area contributed by atoms with Gasteiger partial charge in [0.05, 0.1) is 12.7 Å². The summed E-state index contributed by atoms with van der Waals surface area (Å²) in [7, 11) is 0.